The minimum atomic E-state index is -0.520. The zero-order chi connectivity index (χ0) is 19.9. The topological polar surface area (TPSA) is 75.6 Å². The van der Waals surface area contributed by atoms with Crippen molar-refractivity contribution in [3.63, 3.8) is 0 Å². The van der Waals surface area contributed by atoms with E-state index >= 15 is 0 Å². The number of halogens is 1. The number of hydrogen-bond acceptors (Lipinski definition) is 6. The lowest BCUT2D eigenvalue weighted by Crippen LogP contribution is -2.12. The van der Waals surface area contributed by atoms with Crippen molar-refractivity contribution in [2.75, 3.05) is 17.3 Å². The number of rotatable bonds is 6. The zero-order valence-corrected chi connectivity index (χ0v) is 17.0. The number of carbonyl (C=O) groups excluding carboxylic acids is 1. The normalized spacial score (nSPS) is 10.8. The number of hydrogen-bond donors (Lipinski definition) is 2. The third-order valence-electron chi connectivity index (χ3n) is 3.67. The summed E-state index contributed by atoms with van der Waals surface area (Å²) >= 11 is 7.25. The van der Waals surface area contributed by atoms with Crippen LogP contribution in [-0.2, 0) is 4.74 Å². The van der Waals surface area contributed by atoms with E-state index in [1.165, 1.54) is 11.3 Å². The number of amides is 1. The summed E-state index contributed by atoms with van der Waals surface area (Å²) in [4.78, 5) is 16.4. The monoisotopic (exact) mass is 414 g/mol. The lowest BCUT2D eigenvalue weighted by atomic mass is 10.1. The highest BCUT2D eigenvalue weighted by Crippen LogP contribution is 2.36. The summed E-state index contributed by atoms with van der Waals surface area (Å²) in [5.41, 5.74) is 6.45. The number of nitrogens with one attached hydrogen (secondary N) is 2. The summed E-state index contributed by atoms with van der Waals surface area (Å²) in [7, 11) is 0. The fraction of sp³-hybridized carbons (Fsp3) is 0.150. The smallest absolute Gasteiger partial charge is 0.412 e. The van der Waals surface area contributed by atoms with Crippen LogP contribution < -0.4 is 10.7 Å². The minimum Gasteiger partial charge on any atom is -0.450 e. The van der Waals surface area contributed by atoms with Crippen molar-refractivity contribution < 1.29 is 9.53 Å². The average molecular weight is 415 g/mol. The Kier molecular flexibility index (Phi) is 6.62. The zero-order valence-electron chi connectivity index (χ0n) is 15.4. The molecule has 0 radical (unpaired) electrons. The molecule has 144 valence electrons. The van der Waals surface area contributed by atoms with Gasteiger partial charge in [0.05, 0.1) is 12.8 Å². The number of carbonyl (C=O) groups is 1. The Hall–Kier alpha value is -2.90. The first-order chi connectivity index (χ1) is 13.5. The van der Waals surface area contributed by atoms with Gasteiger partial charge in [0.2, 0.25) is 5.13 Å². The summed E-state index contributed by atoms with van der Waals surface area (Å²) in [6.45, 7) is 4.06. The lowest BCUT2D eigenvalue weighted by Gasteiger charge is -2.05. The molecule has 0 fully saturated rings. The average Bonchev–Trinajstić information content (AvgIpc) is 3.05. The molecular weight excluding hydrogens is 396 g/mol. The molecule has 3 rings (SSSR count). The third kappa shape index (κ3) is 5.31. The van der Waals surface area contributed by atoms with Crippen LogP contribution in [0.25, 0.3) is 11.3 Å². The van der Waals surface area contributed by atoms with E-state index in [1.54, 1.807) is 25.3 Å². The van der Waals surface area contributed by atoms with Crippen LogP contribution in [0.1, 0.15) is 18.1 Å². The number of ether oxygens (including phenoxy) is 1. The Labute approximate surface area is 172 Å². The van der Waals surface area contributed by atoms with Crippen LogP contribution in [0.4, 0.5) is 14.9 Å². The van der Waals surface area contributed by atoms with E-state index in [2.05, 4.69) is 20.8 Å². The van der Waals surface area contributed by atoms with E-state index in [1.807, 2.05) is 43.3 Å². The van der Waals surface area contributed by atoms with Crippen molar-refractivity contribution in [3.05, 3.63) is 64.7 Å². The molecule has 6 nitrogen and oxygen atoms in total. The Bertz CT molecular complexity index is 986. The molecule has 8 heteroatoms. The van der Waals surface area contributed by atoms with Gasteiger partial charge in [-0.25, -0.2) is 9.78 Å². The predicted molar refractivity (Wildman–Crippen MR) is 116 cm³/mol. The Morgan fingerprint density at radius 3 is 2.79 bits per heavy atom. The van der Waals surface area contributed by atoms with Crippen molar-refractivity contribution in [2.24, 2.45) is 5.10 Å². The highest BCUT2D eigenvalue weighted by Gasteiger charge is 2.16. The highest BCUT2D eigenvalue weighted by atomic mass is 35.5. The molecule has 1 heterocycles. The number of thiazole rings is 1. The number of aryl methyl sites for hydroxylation is 1. The van der Waals surface area contributed by atoms with Gasteiger partial charge in [-0.3, -0.25) is 10.7 Å². The predicted octanol–water partition coefficient (Wildman–Crippen LogP) is 5.79. The van der Waals surface area contributed by atoms with Crippen LogP contribution in [0.2, 0.25) is 5.02 Å². The van der Waals surface area contributed by atoms with Crippen LogP contribution in [0.15, 0.2) is 53.6 Å². The van der Waals surface area contributed by atoms with Crippen molar-refractivity contribution in [1.82, 2.24) is 4.98 Å². The third-order valence-corrected chi connectivity index (χ3v) is 4.78. The maximum atomic E-state index is 11.9. The first-order valence-electron chi connectivity index (χ1n) is 8.61. The van der Waals surface area contributed by atoms with Crippen LogP contribution >= 0.6 is 22.9 Å². The SMILES string of the molecule is CCOC(=O)Nc1sc(N/N=C/c2cccc(Cl)c2)nc1-c1ccc(C)cc1. The van der Waals surface area contributed by atoms with Crippen LogP contribution in [0.3, 0.4) is 0 Å². The molecule has 2 N–H and O–H groups in total. The van der Waals surface area contributed by atoms with Crippen molar-refractivity contribution in [3.8, 4) is 11.3 Å². The fourth-order valence-corrected chi connectivity index (χ4v) is 3.39. The summed E-state index contributed by atoms with van der Waals surface area (Å²) in [5, 5.41) is 8.71. The van der Waals surface area contributed by atoms with E-state index in [0.29, 0.717) is 27.5 Å². The first kappa shape index (κ1) is 19.9. The minimum absolute atomic E-state index is 0.291. The fourth-order valence-electron chi connectivity index (χ4n) is 2.37. The summed E-state index contributed by atoms with van der Waals surface area (Å²) in [5.74, 6) is 0. The largest absolute Gasteiger partial charge is 0.450 e. The molecule has 0 bridgehead atoms. The number of hydrazone groups is 1. The molecule has 0 spiro atoms. The second-order valence-electron chi connectivity index (χ2n) is 5.83. The number of benzene rings is 2. The quantitative estimate of drug-likeness (QED) is 0.395. The van der Waals surface area contributed by atoms with Crippen molar-refractivity contribution >= 4 is 45.4 Å². The van der Waals surface area contributed by atoms with E-state index in [9.17, 15) is 4.79 Å². The summed E-state index contributed by atoms with van der Waals surface area (Å²) < 4.78 is 4.98. The molecule has 3 aromatic rings. The van der Waals surface area contributed by atoms with Gasteiger partial charge in [0, 0.05) is 10.6 Å². The van der Waals surface area contributed by atoms with Crippen LogP contribution in [-0.4, -0.2) is 23.9 Å². The molecule has 0 aliphatic carbocycles. The van der Waals surface area contributed by atoms with E-state index in [0.717, 1.165) is 16.7 Å². The molecule has 0 atom stereocenters. The van der Waals surface area contributed by atoms with Crippen LogP contribution in [0.5, 0.6) is 0 Å². The molecule has 28 heavy (non-hydrogen) atoms. The molecule has 1 amide bonds. The molecule has 0 aliphatic heterocycles. The van der Waals surface area contributed by atoms with Gasteiger partial charge in [0.1, 0.15) is 10.7 Å². The van der Waals surface area contributed by atoms with E-state index in [4.69, 9.17) is 16.3 Å². The maximum absolute atomic E-state index is 11.9. The van der Waals surface area contributed by atoms with Gasteiger partial charge in [-0.05, 0) is 31.5 Å². The molecule has 1 aromatic heterocycles. The number of aromatic nitrogens is 1. The Morgan fingerprint density at radius 1 is 1.29 bits per heavy atom. The maximum Gasteiger partial charge on any atom is 0.412 e. The van der Waals surface area contributed by atoms with Crippen LogP contribution in [0, 0.1) is 6.92 Å². The van der Waals surface area contributed by atoms with E-state index < -0.39 is 6.09 Å². The molecule has 0 saturated carbocycles. The second-order valence-corrected chi connectivity index (χ2v) is 7.27. The van der Waals surface area contributed by atoms with E-state index in [-0.39, 0.29) is 0 Å². The van der Waals surface area contributed by atoms with Gasteiger partial charge in [0.15, 0.2) is 0 Å². The van der Waals surface area contributed by atoms with Gasteiger partial charge in [-0.1, -0.05) is 64.9 Å². The number of anilines is 2. The highest BCUT2D eigenvalue weighted by molar-refractivity contribution is 7.20. The van der Waals surface area contributed by atoms with Gasteiger partial charge in [-0.2, -0.15) is 5.10 Å². The van der Waals surface area contributed by atoms with Crippen molar-refractivity contribution in [1.29, 1.82) is 0 Å². The second kappa shape index (κ2) is 9.34. The molecule has 0 saturated heterocycles. The summed E-state index contributed by atoms with van der Waals surface area (Å²) in [6, 6.07) is 15.3. The van der Waals surface area contributed by atoms with Gasteiger partial charge < -0.3 is 4.74 Å². The van der Waals surface area contributed by atoms with Gasteiger partial charge in [-0.15, -0.1) is 0 Å². The molecule has 0 unspecified atom stereocenters. The standard InChI is InChI=1S/C20H19ClN4O2S/c1-3-27-20(26)24-18-17(15-9-7-13(2)8-10-15)23-19(28-18)25-22-12-14-5-4-6-16(21)11-14/h4-12H,3H2,1-2H3,(H,23,25)(H,24,26)/b22-12+. The lowest BCUT2D eigenvalue weighted by molar-refractivity contribution is 0.168. The van der Waals surface area contributed by atoms with Gasteiger partial charge in [0.25, 0.3) is 0 Å². The molecule has 0 aliphatic rings. The Balaban J connectivity index is 1.83. The summed E-state index contributed by atoms with van der Waals surface area (Å²) in [6.07, 6.45) is 1.13. The molecule has 2 aromatic carbocycles. The first-order valence-corrected chi connectivity index (χ1v) is 9.81. The molecular formula is C20H19ClN4O2S. The van der Waals surface area contributed by atoms with Crippen molar-refractivity contribution in [2.45, 2.75) is 13.8 Å². The van der Waals surface area contributed by atoms with Gasteiger partial charge >= 0.3 is 6.09 Å². The number of nitrogens with zero attached hydrogens (tertiary/aromatic N) is 2. The Morgan fingerprint density at radius 2 is 2.07 bits per heavy atom.